The quantitative estimate of drug-likeness (QED) is 0.848. The zero-order chi connectivity index (χ0) is 14.9. The van der Waals surface area contributed by atoms with Gasteiger partial charge < -0.3 is 4.90 Å². The van der Waals surface area contributed by atoms with Crippen molar-refractivity contribution in [3.8, 4) is 0 Å². The highest BCUT2D eigenvalue weighted by molar-refractivity contribution is 7.91. The summed E-state index contributed by atoms with van der Waals surface area (Å²) in [6.07, 6.45) is 3.05. The summed E-state index contributed by atoms with van der Waals surface area (Å²) in [6, 6.07) is 5.70. The summed E-state index contributed by atoms with van der Waals surface area (Å²) in [4.78, 5) is 10.2. The van der Waals surface area contributed by atoms with Gasteiger partial charge in [-0.3, -0.25) is 0 Å². The molecule has 2 aromatic heterocycles. The maximum atomic E-state index is 12.4. The lowest BCUT2D eigenvalue weighted by atomic mass is 10.3. The van der Waals surface area contributed by atoms with Gasteiger partial charge in [0.2, 0.25) is 0 Å². The maximum Gasteiger partial charge on any atom is 0.254 e. The fourth-order valence-electron chi connectivity index (χ4n) is 2.18. The highest BCUT2D eigenvalue weighted by atomic mass is 35.5. The molecule has 0 radical (unpaired) electrons. The molecule has 0 saturated carbocycles. The normalized spacial score (nSPS) is 17.1. The van der Waals surface area contributed by atoms with Gasteiger partial charge in [-0.15, -0.1) is 0 Å². The molecule has 112 valence electrons. The van der Waals surface area contributed by atoms with Crippen LogP contribution in [0.2, 0.25) is 4.47 Å². The monoisotopic (exact) mass is 344 g/mol. The summed E-state index contributed by atoms with van der Waals surface area (Å²) in [5.41, 5.74) is 0. The molecule has 1 aliphatic rings. The first kappa shape index (κ1) is 14.7. The Hall–Kier alpha value is -1.22. The number of aromatic nitrogens is 2. The van der Waals surface area contributed by atoms with Crippen LogP contribution in [0.1, 0.15) is 0 Å². The van der Waals surface area contributed by atoms with Crippen molar-refractivity contribution in [1.82, 2.24) is 14.3 Å². The molecule has 0 aromatic carbocycles. The average molecular weight is 345 g/mol. The van der Waals surface area contributed by atoms with Crippen LogP contribution < -0.4 is 4.90 Å². The Balaban J connectivity index is 1.71. The molecule has 1 fully saturated rings. The van der Waals surface area contributed by atoms with E-state index < -0.39 is 10.0 Å². The van der Waals surface area contributed by atoms with Gasteiger partial charge in [0.1, 0.15) is 5.82 Å². The van der Waals surface area contributed by atoms with Crippen molar-refractivity contribution >= 4 is 38.8 Å². The fourth-order valence-corrected chi connectivity index (χ4v) is 5.05. The zero-order valence-electron chi connectivity index (χ0n) is 11.0. The molecule has 9 heteroatoms. The van der Waals surface area contributed by atoms with Gasteiger partial charge in [0.15, 0.2) is 8.68 Å². The lowest BCUT2D eigenvalue weighted by Gasteiger charge is -2.34. The van der Waals surface area contributed by atoms with E-state index in [-0.39, 0.29) is 8.68 Å². The van der Waals surface area contributed by atoms with Crippen LogP contribution in [0.5, 0.6) is 0 Å². The van der Waals surface area contributed by atoms with Crippen molar-refractivity contribution in [2.45, 2.75) is 4.21 Å². The molecule has 3 heterocycles. The molecule has 0 N–H and O–H groups in total. The number of nitrogens with zero attached hydrogens (tertiary/aromatic N) is 4. The van der Waals surface area contributed by atoms with E-state index in [1.165, 1.54) is 10.5 Å². The molecule has 2 aromatic rings. The molecule has 1 aliphatic heterocycles. The lowest BCUT2D eigenvalue weighted by Crippen LogP contribution is -2.48. The minimum atomic E-state index is -3.49. The van der Waals surface area contributed by atoms with Crippen LogP contribution in [0.4, 0.5) is 5.82 Å². The van der Waals surface area contributed by atoms with Crippen LogP contribution in [0.15, 0.2) is 34.8 Å². The number of pyridine rings is 1. The Morgan fingerprint density at radius 1 is 1.14 bits per heavy atom. The topological polar surface area (TPSA) is 66.4 Å². The molecule has 3 rings (SSSR count). The first-order valence-corrected chi connectivity index (χ1v) is 8.98. The van der Waals surface area contributed by atoms with Crippen molar-refractivity contribution in [1.29, 1.82) is 0 Å². The van der Waals surface area contributed by atoms with Gasteiger partial charge in [-0.2, -0.15) is 4.31 Å². The minimum absolute atomic E-state index is 0.193. The van der Waals surface area contributed by atoms with E-state index in [0.29, 0.717) is 26.2 Å². The number of hydrogen-bond donors (Lipinski definition) is 0. The Labute approximate surface area is 132 Å². The molecule has 0 aliphatic carbocycles. The second-order valence-electron chi connectivity index (χ2n) is 4.51. The molecular weight excluding hydrogens is 332 g/mol. The lowest BCUT2D eigenvalue weighted by molar-refractivity contribution is 0.384. The summed E-state index contributed by atoms with van der Waals surface area (Å²) in [6.45, 7) is 2.08. The summed E-state index contributed by atoms with van der Waals surface area (Å²) >= 11 is 6.70. The highest BCUT2D eigenvalue weighted by Crippen LogP contribution is 2.26. The molecule has 0 unspecified atom stereocenters. The first-order valence-electron chi connectivity index (χ1n) is 6.35. The highest BCUT2D eigenvalue weighted by Gasteiger charge is 2.30. The van der Waals surface area contributed by atoms with Gasteiger partial charge in [0.25, 0.3) is 10.0 Å². The molecule has 0 spiro atoms. The predicted molar refractivity (Wildman–Crippen MR) is 82.3 cm³/mol. The van der Waals surface area contributed by atoms with E-state index >= 15 is 0 Å². The molecule has 0 amide bonds. The van der Waals surface area contributed by atoms with Gasteiger partial charge in [0.05, 0.1) is 6.20 Å². The van der Waals surface area contributed by atoms with Crippen molar-refractivity contribution in [2.24, 2.45) is 0 Å². The summed E-state index contributed by atoms with van der Waals surface area (Å²) in [5, 5.41) is 0. The fraction of sp³-hybridized carbons (Fsp3) is 0.333. The summed E-state index contributed by atoms with van der Waals surface area (Å²) in [7, 11) is -3.49. The summed E-state index contributed by atoms with van der Waals surface area (Å²) < 4.78 is 26.8. The number of sulfonamides is 1. The van der Waals surface area contributed by atoms with Crippen molar-refractivity contribution in [3.05, 3.63) is 35.1 Å². The first-order chi connectivity index (χ1) is 10.1. The van der Waals surface area contributed by atoms with Gasteiger partial charge in [-0.05, 0) is 12.1 Å². The van der Waals surface area contributed by atoms with Crippen molar-refractivity contribution in [2.75, 3.05) is 31.1 Å². The second-order valence-corrected chi connectivity index (χ2v) is 8.29. The largest absolute Gasteiger partial charge is 0.354 e. The predicted octanol–water partition coefficient (Wildman–Crippen LogP) is 1.70. The van der Waals surface area contributed by atoms with Gasteiger partial charge in [0, 0.05) is 32.4 Å². The van der Waals surface area contributed by atoms with Crippen LogP contribution in [0, 0.1) is 0 Å². The van der Waals surface area contributed by atoms with Crippen LogP contribution in [0.25, 0.3) is 0 Å². The average Bonchev–Trinajstić information content (AvgIpc) is 2.96. The van der Waals surface area contributed by atoms with E-state index in [1.807, 2.05) is 18.2 Å². The molecule has 6 nitrogen and oxygen atoms in total. The van der Waals surface area contributed by atoms with Gasteiger partial charge in [-0.1, -0.05) is 29.0 Å². The van der Waals surface area contributed by atoms with E-state index in [1.54, 1.807) is 6.20 Å². The smallest absolute Gasteiger partial charge is 0.254 e. The number of anilines is 1. The Kier molecular flexibility index (Phi) is 4.12. The molecule has 0 bridgehead atoms. The van der Waals surface area contributed by atoms with Crippen molar-refractivity contribution in [3.63, 3.8) is 0 Å². The Morgan fingerprint density at radius 2 is 1.90 bits per heavy atom. The van der Waals surface area contributed by atoms with E-state index in [4.69, 9.17) is 11.6 Å². The number of thiazole rings is 1. The SMILES string of the molecule is O=S(=O)(c1cnc(Cl)s1)N1CCN(c2ccccn2)CC1. The van der Waals surface area contributed by atoms with Gasteiger partial charge >= 0.3 is 0 Å². The Bertz CT molecular complexity index is 712. The Morgan fingerprint density at radius 3 is 2.48 bits per heavy atom. The third kappa shape index (κ3) is 3.03. The number of piperazine rings is 1. The maximum absolute atomic E-state index is 12.4. The molecule has 1 saturated heterocycles. The standard InChI is InChI=1S/C12H13ClN4O2S2/c13-12-15-9-11(20-12)21(18,19)17-7-5-16(6-8-17)10-3-1-2-4-14-10/h1-4,9H,5-8H2. The third-order valence-electron chi connectivity index (χ3n) is 3.26. The third-order valence-corrected chi connectivity index (χ3v) is 6.71. The van der Waals surface area contributed by atoms with Crippen LogP contribution in [0.3, 0.4) is 0 Å². The van der Waals surface area contributed by atoms with Gasteiger partial charge in [-0.25, -0.2) is 18.4 Å². The zero-order valence-corrected chi connectivity index (χ0v) is 13.4. The van der Waals surface area contributed by atoms with Crippen LogP contribution in [-0.2, 0) is 10.0 Å². The van der Waals surface area contributed by atoms with Crippen molar-refractivity contribution < 1.29 is 8.42 Å². The number of rotatable bonds is 3. The molecule has 21 heavy (non-hydrogen) atoms. The second kappa shape index (κ2) is 5.88. The summed E-state index contributed by atoms with van der Waals surface area (Å²) in [5.74, 6) is 0.871. The molecular formula is C12H13ClN4O2S2. The number of hydrogen-bond acceptors (Lipinski definition) is 6. The van der Waals surface area contributed by atoms with Crippen LogP contribution in [-0.4, -0.2) is 48.9 Å². The number of halogens is 1. The van der Waals surface area contributed by atoms with E-state index in [9.17, 15) is 8.42 Å². The van der Waals surface area contributed by atoms with E-state index in [2.05, 4.69) is 14.9 Å². The minimum Gasteiger partial charge on any atom is -0.354 e. The van der Waals surface area contributed by atoms with Crippen LogP contribution >= 0.6 is 22.9 Å². The molecule has 0 atom stereocenters. The van der Waals surface area contributed by atoms with E-state index in [0.717, 1.165) is 17.2 Å².